The van der Waals surface area contributed by atoms with E-state index in [0.717, 1.165) is 5.56 Å². The van der Waals surface area contributed by atoms with E-state index >= 15 is 0 Å². The fourth-order valence-corrected chi connectivity index (χ4v) is 2.90. The van der Waals surface area contributed by atoms with Gasteiger partial charge in [-0.2, -0.15) is 0 Å². The summed E-state index contributed by atoms with van der Waals surface area (Å²) in [7, 11) is 0. The van der Waals surface area contributed by atoms with Gasteiger partial charge in [-0.25, -0.2) is 4.39 Å². The molecule has 6 heteroatoms. The Morgan fingerprint density at radius 1 is 0.897 bits per heavy atom. The van der Waals surface area contributed by atoms with Gasteiger partial charge in [0.15, 0.2) is 6.54 Å². The SMILES string of the molecule is C[C@H]([NH2+]CC(=O)Nc1ccccc1C(=O)Nc1ccc(F)cc1)c1ccccc1. The zero-order chi connectivity index (χ0) is 20.6. The van der Waals surface area contributed by atoms with Crippen LogP contribution in [0.5, 0.6) is 0 Å². The molecule has 0 aliphatic carbocycles. The molecule has 0 heterocycles. The van der Waals surface area contributed by atoms with Crippen LogP contribution in [-0.2, 0) is 4.79 Å². The van der Waals surface area contributed by atoms with Gasteiger partial charge in [0.2, 0.25) is 0 Å². The van der Waals surface area contributed by atoms with Crippen LogP contribution in [0.15, 0.2) is 78.9 Å². The summed E-state index contributed by atoms with van der Waals surface area (Å²) in [6, 6.07) is 22.4. The molecule has 0 bridgehead atoms. The van der Waals surface area contributed by atoms with Gasteiger partial charge in [-0.15, -0.1) is 0 Å². The van der Waals surface area contributed by atoms with E-state index in [-0.39, 0.29) is 30.2 Å². The lowest BCUT2D eigenvalue weighted by Gasteiger charge is -2.13. The van der Waals surface area contributed by atoms with Crippen LogP contribution in [0, 0.1) is 5.82 Å². The molecule has 148 valence electrons. The zero-order valence-corrected chi connectivity index (χ0v) is 16.1. The van der Waals surface area contributed by atoms with E-state index in [1.807, 2.05) is 42.6 Å². The van der Waals surface area contributed by atoms with Crippen molar-refractivity contribution < 1.29 is 19.3 Å². The van der Waals surface area contributed by atoms with Crippen LogP contribution in [-0.4, -0.2) is 18.4 Å². The summed E-state index contributed by atoms with van der Waals surface area (Å²) < 4.78 is 13.0. The van der Waals surface area contributed by atoms with Crippen molar-refractivity contribution in [1.29, 1.82) is 0 Å². The summed E-state index contributed by atoms with van der Waals surface area (Å²) in [4.78, 5) is 25.0. The number of halogens is 1. The minimum Gasteiger partial charge on any atom is -0.333 e. The number of rotatable bonds is 7. The largest absolute Gasteiger partial charge is 0.333 e. The van der Waals surface area contributed by atoms with Crippen molar-refractivity contribution in [1.82, 2.24) is 0 Å². The van der Waals surface area contributed by atoms with Crippen LogP contribution < -0.4 is 16.0 Å². The maximum atomic E-state index is 13.0. The van der Waals surface area contributed by atoms with Crippen molar-refractivity contribution in [3.63, 3.8) is 0 Å². The molecule has 1 atom stereocenters. The summed E-state index contributed by atoms with van der Waals surface area (Å²) in [5.41, 5.74) is 2.38. The molecule has 5 nitrogen and oxygen atoms in total. The highest BCUT2D eigenvalue weighted by Gasteiger charge is 2.15. The molecule has 3 rings (SSSR count). The van der Waals surface area contributed by atoms with Crippen LogP contribution in [0.25, 0.3) is 0 Å². The highest BCUT2D eigenvalue weighted by atomic mass is 19.1. The van der Waals surface area contributed by atoms with Gasteiger partial charge in [0.05, 0.1) is 11.3 Å². The van der Waals surface area contributed by atoms with E-state index in [0.29, 0.717) is 16.9 Å². The van der Waals surface area contributed by atoms with E-state index in [2.05, 4.69) is 10.6 Å². The van der Waals surface area contributed by atoms with Gasteiger partial charge in [0, 0.05) is 11.3 Å². The number of anilines is 2. The number of carbonyl (C=O) groups is 2. The molecule has 0 spiro atoms. The fraction of sp³-hybridized carbons (Fsp3) is 0.130. The molecule has 0 radical (unpaired) electrons. The second-order valence-electron chi connectivity index (χ2n) is 6.69. The lowest BCUT2D eigenvalue weighted by molar-refractivity contribution is -0.682. The third kappa shape index (κ3) is 5.73. The number of para-hydroxylation sites is 1. The average Bonchev–Trinajstić information content (AvgIpc) is 2.74. The Balaban J connectivity index is 1.61. The average molecular weight is 392 g/mol. The molecule has 0 aliphatic rings. The zero-order valence-electron chi connectivity index (χ0n) is 16.1. The van der Waals surface area contributed by atoms with Crippen LogP contribution >= 0.6 is 0 Å². The van der Waals surface area contributed by atoms with Crippen molar-refractivity contribution in [3.8, 4) is 0 Å². The van der Waals surface area contributed by atoms with Crippen molar-refractivity contribution in [3.05, 3.63) is 95.8 Å². The van der Waals surface area contributed by atoms with E-state index in [9.17, 15) is 14.0 Å². The maximum Gasteiger partial charge on any atom is 0.279 e. The molecule has 29 heavy (non-hydrogen) atoms. The Morgan fingerprint density at radius 2 is 1.55 bits per heavy atom. The number of benzene rings is 3. The number of nitrogens with one attached hydrogen (secondary N) is 2. The molecule has 0 aliphatic heterocycles. The first-order chi connectivity index (χ1) is 14.0. The summed E-state index contributed by atoms with van der Waals surface area (Å²) in [6.07, 6.45) is 0. The van der Waals surface area contributed by atoms with E-state index in [1.54, 1.807) is 24.3 Å². The van der Waals surface area contributed by atoms with Gasteiger partial charge >= 0.3 is 0 Å². The molecule has 0 fully saturated rings. The lowest BCUT2D eigenvalue weighted by Crippen LogP contribution is -2.86. The third-order valence-electron chi connectivity index (χ3n) is 4.53. The molecule has 0 aromatic heterocycles. The Labute approximate surface area is 169 Å². The Kier molecular flexibility index (Phi) is 6.71. The normalized spacial score (nSPS) is 11.5. The first-order valence-electron chi connectivity index (χ1n) is 9.37. The molecule has 0 saturated heterocycles. The fourth-order valence-electron chi connectivity index (χ4n) is 2.90. The molecule has 0 unspecified atom stereocenters. The van der Waals surface area contributed by atoms with Crippen molar-refractivity contribution >= 4 is 23.2 Å². The highest BCUT2D eigenvalue weighted by Crippen LogP contribution is 2.17. The van der Waals surface area contributed by atoms with Crippen molar-refractivity contribution in [2.24, 2.45) is 0 Å². The monoisotopic (exact) mass is 392 g/mol. The molecule has 2 amide bonds. The predicted octanol–water partition coefficient (Wildman–Crippen LogP) is 3.34. The molecular weight excluding hydrogens is 369 g/mol. The van der Waals surface area contributed by atoms with Gasteiger partial charge in [-0.1, -0.05) is 42.5 Å². The van der Waals surface area contributed by atoms with Gasteiger partial charge in [-0.05, 0) is 43.3 Å². The number of quaternary nitrogens is 1. The molecule has 3 aromatic rings. The lowest BCUT2D eigenvalue weighted by atomic mass is 10.1. The third-order valence-corrected chi connectivity index (χ3v) is 4.53. The topological polar surface area (TPSA) is 74.8 Å². The quantitative estimate of drug-likeness (QED) is 0.577. The standard InChI is InChI=1S/C23H22FN3O2/c1-16(17-7-3-2-4-8-17)25-15-22(28)27-21-10-6-5-9-20(21)23(29)26-19-13-11-18(24)12-14-19/h2-14,16,25H,15H2,1H3,(H,26,29)(H,27,28)/p+1/t16-/m0/s1. The second-order valence-corrected chi connectivity index (χ2v) is 6.69. The first-order valence-corrected chi connectivity index (χ1v) is 9.37. The van der Waals surface area contributed by atoms with Crippen LogP contribution in [0.1, 0.15) is 28.9 Å². The van der Waals surface area contributed by atoms with Gasteiger partial charge in [-0.3, -0.25) is 9.59 Å². The van der Waals surface area contributed by atoms with Gasteiger partial charge in [0.1, 0.15) is 11.9 Å². The van der Waals surface area contributed by atoms with Gasteiger partial charge in [0.25, 0.3) is 11.8 Å². The number of nitrogens with two attached hydrogens (primary N) is 1. The first kappa shape index (κ1) is 20.2. The molecule has 4 N–H and O–H groups in total. The molecule has 0 saturated carbocycles. The molecule has 3 aromatic carbocycles. The smallest absolute Gasteiger partial charge is 0.279 e. The minimum absolute atomic E-state index is 0.138. The van der Waals surface area contributed by atoms with E-state index in [4.69, 9.17) is 0 Å². The predicted molar refractivity (Wildman–Crippen MR) is 111 cm³/mol. The number of amides is 2. The van der Waals surface area contributed by atoms with E-state index in [1.165, 1.54) is 24.3 Å². The highest BCUT2D eigenvalue weighted by molar-refractivity contribution is 6.10. The number of hydrogen-bond donors (Lipinski definition) is 3. The maximum absolute atomic E-state index is 13.0. The van der Waals surface area contributed by atoms with Crippen LogP contribution in [0.3, 0.4) is 0 Å². The Bertz CT molecular complexity index is 975. The van der Waals surface area contributed by atoms with Crippen molar-refractivity contribution in [2.45, 2.75) is 13.0 Å². The second kappa shape index (κ2) is 9.61. The summed E-state index contributed by atoms with van der Waals surface area (Å²) in [5, 5.41) is 7.44. The minimum atomic E-state index is -0.380. The van der Waals surface area contributed by atoms with Crippen molar-refractivity contribution in [2.75, 3.05) is 17.2 Å². The Morgan fingerprint density at radius 3 is 2.28 bits per heavy atom. The number of hydrogen-bond acceptors (Lipinski definition) is 2. The summed E-state index contributed by atoms with van der Waals surface area (Å²) in [6.45, 7) is 2.26. The van der Waals surface area contributed by atoms with E-state index < -0.39 is 0 Å². The van der Waals surface area contributed by atoms with Gasteiger partial charge < -0.3 is 16.0 Å². The van der Waals surface area contributed by atoms with Crippen LogP contribution in [0.4, 0.5) is 15.8 Å². The summed E-state index contributed by atoms with van der Waals surface area (Å²) >= 11 is 0. The van der Waals surface area contributed by atoms with Crippen LogP contribution in [0.2, 0.25) is 0 Å². The Hall–Kier alpha value is -3.51. The summed E-state index contributed by atoms with van der Waals surface area (Å²) in [5.74, 6) is -0.958. The molecular formula is C23H23FN3O2+. The number of carbonyl (C=O) groups excluding carboxylic acids is 2.